The first-order valence-electron chi connectivity index (χ1n) is 8.21. The van der Waals surface area contributed by atoms with Crippen molar-refractivity contribution >= 4 is 11.8 Å². The predicted octanol–water partition coefficient (Wildman–Crippen LogP) is 2.90. The standard InChI is InChI=1S/C18H25FN2O2/c1-12(2)10-17(22)21-8-6-15(7-9-21)20-18(23)14-5-4-13(3)16(19)11-14/h4-5,11-12,15H,6-10H2,1-3H3,(H,20,23). The average molecular weight is 320 g/mol. The molecule has 1 aliphatic heterocycles. The van der Waals surface area contributed by atoms with Crippen LogP contribution in [0, 0.1) is 18.7 Å². The predicted molar refractivity (Wildman–Crippen MR) is 87.7 cm³/mol. The Morgan fingerprint density at radius 3 is 2.52 bits per heavy atom. The summed E-state index contributed by atoms with van der Waals surface area (Å²) in [7, 11) is 0. The molecular formula is C18H25FN2O2. The second kappa shape index (κ2) is 7.57. The number of nitrogens with zero attached hydrogens (tertiary/aromatic N) is 1. The maximum atomic E-state index is 13.5. The molecule has 2 rings (SSSR count). The van der Waals surface area contributed by atoms with E-state index in [9.17, 15) is 14.0 Å². The van der Waals surface area contributed by atoms with Gasteiger partial charge >= 0.3 is 0 Å². The maximum absolute atomic E-state index is 13.5. The van der Waals surface area contributed by atoms with E-state index in [4.69, 9.17) is 0 Å². The van der Waals surface area contributed by atoms with E-state index in [-0.39, 0.29) is 23.7 Å². The Labute approximate surface area is 137 Å². The number of benzene rings is 1. The van der Waals surface area contributed by atoms with E-state index in [1.54, 1.807) is 19.1 Å². The molecule has 0 bridgehead atoms. The molecule has 0 aliphatic carbocycles. The fraction of sp³-hybridized carbons (Fsp3) is 0.556. The van der Waals surface area contributed by atoms with Gasteiger partial charge in [-0.1, -0.05) is 19.9 Å². The van der Waals surface area contributed by atoms with Crippen LogP contribution in [-0.2, 0) is 4.79 Å². The van der Waals surface area contributed by atoms with Crippen LogP contribution in [0.5, 0.6) is 0 Å². The molecule has 1 fully saturated rings. The Morgan fingerprint density at radius 2 is 1.96 bits per heavy atom. The average Bonchev–Trinajstić information content (AvgIpc) is 2.50. The van der Waals surface area contributed by atoms with Crippen LogP contribution in [0.15, 0.2) is 18.2 Å². The van der Waals surface area contributed by atoms with Gasteiger partial charge in [0.2, 0.25) is 5.91 Å². The third-order valence-corrected chi connectivity index (χ3v) is 4.20. The molecule has 1 N–H and O–H groups in total. The third kappa shape index (κ3) is 4.78. The molecule has 0 aromatic heterocycles. The van der Waals surface area contributed by atoms with Crippen molar-refractivity contribution in [2.24, 2.45) is 5.92 Å². The van der Waals surface area contributed by atoms with E-state index < -0.39 is 0 Å². The van der Waals surface area contributed by atoms with Crippen molar-refractivity contribution in [3.8, 4) is 0 Å². The molecule has 1 saturated heterocycles. The summed E-state index contributed by atoms with van der Waals surface area (Å²) in [5.74, 6) is -0.0793. The zero-order valence-corrected chi connectivity index (χ0v) is 14.1. The molecule has 23 heavy (non-hydrogen) atoms. The fourth-order valence-corrected chi connectivity index (χ4v) is 2.75. The summed E-state index contributed by atoms with van der Waals surface area (Å²) < 4.78 is 13.5. The summed E-state index contributed by atoms with van der Waals surface area (Å²) in [6.07, 6.45) is 2.05. The van der Waals surface area contributed by atoms with Gasteiger partial charge in [0.15, 0.2) is 0 Å². The Hall–Kier alpha value is -1.91. The number of aryl methyl sites for hydroxylation is 1. The molecule has 0 radical (unpaired) electrons. The number of piperidine rings is 1. The van der Waals surface area contributed by atoms with Crippen molar-refractivity contribution in [2.45, 2.75) is 46.1 Å². The summed E-state index contributed by atoms with van der Waals surface area (Å²) in [5, 5.41) is 2.94. The van der Waals surface area contributed by atoms with Crippen LogP contribution < -0.4 is 5.32 Å². The highest BCUT2D eigenvalue weighted by atomic mass is 19.1. The van der Waals surface area contributed by atoms with Gasteiger partial charge in [0, 0.05) is 31.1 Å². The number of halogens is 1. The van der Waals surface area contributed by atoms with Gasteiger partial charge in [0.25, 0.3) is 5.91 Å². The Morgan fingerprint density at radius 1 is 1.30 bits per heavy atom. The topological polar surface area (TPSA) is 49.4 Å². The molecule has 0 atom stereocenters. The Kier molecular flexibility index (Phi) is 5.74. The summed E-state index contributed by atoms with van der Waals surface area (Å²) in [6, 6.07) is 4.55. The van der Waals surface area contributed by atoms with Gasteiger partial charge in [-0.05, 0) is 43.4 Å². The molecule has 0 unspecified atom stereocenters. The van der Waals surface area contributed by atoms with Gasteiger partial charge in [-0.2, -0.15) is 0 Å². The first-order valence-corrected chi connectivity index (χ1v) is 8.21. The Balaban J connectivity index is 1.85. The molecule has 1 heterocycles. The molecule has 0 spiro atoms. The SMILES string of the molecule is Cc1ccc(C(=O)NC2CCN(C(=O)CC(C)C)CC2)cc1F. The van der Waals surface area contributed by atoms with Crippen LogP contribution in [0.25, 0.3) is 0 Å². The van der Waals surface area contributed by atoms with Crippen molar-refractivity contribution in [3.05, 3.63) is 35.1 Å². The lowest BCUT2D eigenvalue weighted by molar-refractivity contribution is -0.133. The van der Waals surface area contributed by atoms with Crippen LogP contribution in [0.3, 0.4) is 0 Å². The number of rotatable bonds is 4. The monoisotopic (exact) mass is 320 g/mol. The molecule has 1 aliphatic rings. The van der Waals surface area contributed by atoms with Gasteiger partial charge in [-0.25, -0.2) is 4.39 Å². The van der Waals surface area contributed by atoms with Crippen LogP contribution in [0.1, 0.15) is 49.0 Å². The Bertz CT molecular complexity index is 578. The summed E-state index contributed by atoms with van der Waals surface area (Å²) in [5.41, 5.74) is 0.866. The zero-order valence-electron chi connectivity index (χ0n) is 14.1. The van der Waals surface area contributed by atoms with Crippen molar-refractivity contribution in [1.29, 1.82) is 0 Å². The maximum Gasteiger partial charge on any atom is 0.251 e. The third-order valence-electron chi connectivity index (χ3n) is 4.20. The van der Waals surface area contributed by atoms with Crippen molar-refractivity contribution in [3.63, 3.8) is 0 Å². The highest BCUT2D eigenvalue weighted by molar-refractivity contribution is 5.94. The molecular weight excluding hydrogens is 295 g/mol. The van der Waals surface area contributed by atoms with E-state index in [1.807, 2.05) is 18.7 Å². The molecule has 1 aromatic rings. The van der Waals surface area contributed by atoms with E-state index in [0.717, 1.165) is 12.8 Å². The number of carbonyl (C=O) groups is 2. The fourth-order valence-electron chi connectivity index (χ4n) is 2.75. The smallest absolute Gasteiger partial charge is 0.251 e. The minimum atomic E-state index is -0.369. The minimum absolute atomic E-state index is 0.0370. The number of likely N-dealkylation sites (tertiary alicyclic amines) is 1. The van der Waals surface area contributed by atoms with Crippen LogP contribution in [-0.4, -0.2) is 35.8 Å². The van der Waals surface area contributed by atoms with Crippen molar-refractivity contribution in [2.75, 3.05) is 13.1 Å². The second-order valence-electron chi connectivity index (χ2n) is 6.69. The molecule has 0 saturated carbocycles. The minimum Gasteiger partial charge on any atom is -0.349 e. The van der Waals surface area contributed by atoms with Crippen LogP contribution in [0.2, 0.25) is 0 Å². The quantitative estimate of drug-likeness (QED) is 0.927. The largest absolute Gasteiger partial charge is 0.349 e. The van der Waals surface area contributed by atoms with E-state index in [0.29, 0.717) is 36.6 Å². The number of hydrogen-bond acceptors (Lipinski definition) is 2. The van der Waals surface area contributed by atoms with E-state index in [2.05, 4.69) is 5.32 Å². The van der Waals surface area contributed by atoms with Crippen LogP contribution >= 0.6 is 0 Å². The first kappa shape index (κ1) is 17.4. The summed E-state index contributed by atoms with van der Waals surface area (Å²) in [6.45, 7) is 7.07. The molecule has 5 heteroatoms. The zero-order chi connectivity index (χ0) is 17.0. The number of hydrogen-bond donors (Lipinski definition) is 1. The van der Waals surface area contributed by atoms with Crippen LogP contribution in [0.4, 0.5) is 4.39 Å². The van der Waals surface area contributed by atoms with E-state index in [1.165, 1.54) is 6.07 Å². The molecule has 4 nitrogen and oxygen atoms in total. The molecule has 2 amide bonds. The lowest BCUT2D eigenvalue weighted by Crippen LogP contribution is -2.46. The summed E-state index contributed by atoms with van der Waals surface area (Å²) in [4.78, 5) is 26.1. The van der Waals surface area contributed by atoms with Gasteiger partial charge in [0.05, 0.1) is 0 Å². The van der Waals surface area contributed by atoms with Gasteiger partial charge in [0.1, 0.15) is 5.82 Å². The van der Waals surface area contributed by atoms with Gasteiger partial charge in [-0.3, -0.25) is 9.59 Å². The van der Waals surface area contributed by atoms with Crippen molar-refractivity contribution < 1.29 is 14.0 Å². The van der Waals surface area contributed by atoms with Gasteiger partial charge < -0.3 is 10.2 Å². The number of amides is 2. The molecule has 126 valence electrons. The van der Waals surface area contributed by atoms with Gasteiger partial charge in [-0.15, -0.1) is 0 Å². The number of nitrogens with one attached hydrogen (secondary N) is 1. The highest BCUT2D eigenvalue weighted by Crippen LogP contribution is 2.15. The highest BCUT2D eigenvalue weighted by Gasteiger charge is 2.24. The molecule has 1 aromatic carbocycles. The first-order chi connectivity index (χ1) is 10.9. The second-order valence-corrected chi connectivity index (χ2v) is 6.69. The van der Waals surface area contributed by atoms with Crippen molar-refractivity contribution in [1.82, 2.24) is 10.2 Å². The lowest BCUT2D eigenvalue weighted by atomic mass is 10.0. The number of carbonyl (C=O) groups excluding carboxylic acids is 2. The normalized spacial score (nSPS) is 15.8. The summed E-state index contributed by atoms with van der Waals surface area (Å²) >= 11 is 0. The van der Waals surface area contributed by atoms with E-state index >= 15 is 0 Å². The lowest BCUT2D eigenvalue weighted by Gasteiger charge is -2.32.